The van der Waals surface area contributed by atoms with Gasteiger partial charge in [-0.2, -0.15) is 4.31 Å². The number of hydrogen-bond acceptors (Lipinski definition) is 3. The summed E-state index contributed by atoms with van der Waals surface area (Å²) in [4.78, 5) is 12.3. The Bertz CT molecular complexity index is 625. The van der Waals surface area contributed by atoms with Crippen LogP contribution in [0.3, 0.4) is 0 Å². The molecule has 1 saturated heterocycles. The molecule has 110 valence electrons. The SMILES string of the molecule is Cc1ccc(NC(=O)[C@@H]2CCCN2S(C)(=O)=O)cc1C. The number of rotatable bonds is 3. The van der Waals surface area contributed by atoms with Crippen molar-refractivity contribution in [1.29, 1.82) is 0 Å². The van der Waals surface area contributed by atoms with E-state index in [2.05, 4.69) is 5.32 Å². The minimum Gasteiger partial charge on any atom is -0.325 e. The highest BCUT2D eigenvalue weighted by molar-refractivity contribution is 7.88. The van der Waals surface area contributed by atoms with Crippen LogP contribution in [0.25, 0.3) is 0 Å². The molecule has 1 aliphatic rings. The van der Waals surface area contributed by atoms with Gasteiger partial charge in [0.15, 0.2) is 0 Å². The number of hydrogen-bond donors (Lipinski definition) is 1. The Balaban J connectivity index is 2.13. The fourth-order valence-electron chi connectivity index (χ4n) is 2.44. The van der Waals surface area contributed by atoms with Gasteiger partial charge in [0.25, 0.3) is 0 Å². The quantitative estimate of drug-likeness (QED) is 0.922. The summed E-state index contributed by atoms with van der Waals surface area (Å²) in [5.74, 6) is -0.254. The molecule has 0 aliphatic carbocycles. The standard InChI is InChI=1S/C14H20N2O3S/c1-10-6-7-12(9-11(10)2)15-14(17)13-5-4-8-16(13)20(3,18)19/h6-7,9,13H,4-5,8H2,1-3H3,(H,15,17)/t13-/m0/s1. The predicted molar refractivity (Wildman–Crippen MR) is 79.1 cm³/mol. The van der Waals surface area contributed by atoms with Gasteiger partial charge in [-0.3, -0.25) is 4.79 Å². The van der Waals surface area contributed by atoms with Crippen molar-refractivity contribution in [2.45, 2.75) is 32.7 Å². The fraction of sp³-hybridized carbons (Fsp3) is 0.500. The number of carbonyl (C=O) groups is 1. The van der Waals surface area contributed by atoms with Gasteiger partial charge >= 0.3 is 0 Å². The van der Waals surface area contributed by atoms with Gasteiger partial charge < -0.3 is 5.32 Å². The fourth-order valence-corrected chi connectivity index (χ4v) is 3.57. The van der Waals surface area contributed by atoms with E-state index in [-0.39, 0.29) is 5.91 Å². The van der Waals surface area contributed by atoms with Crippen molar-refractivity contribution in [1.82, 2.24) is 4.31 Å². The third kappa shape index (κ3) is 3.19. The number of carbonyl (C=O) groups excluding carboxylic acids is 1. The molecule has 1 aromatic carbocycles. The first-order chi connectivity index (χ1) is 9.29. The van der Waals surface area contributed by atoms with Crippen LogP contribution in [0.15, 0.2) is 18.2 Å². The Hall–Kier alpha value is -1.40. The van der Waals surface area contributed by atoms with E-state index in [4.69, 9.17) is 0 Å². The van der Waals surface area contributed by atoms with Crippen LogP contribution in [0.2, 0.25) is 0 Å². The van der Waals surface area contributed by atoms with Gasteiger partial charge in [-0.15, -0.1) is 0 Å². The molecule has 0 spiro atoms. The normalized spacial score (nSPS) is 20.1. The predicted octanol–water partition coefficient (Wildman–Crippen LogP) is 1.67. The molecule has 0 radical (unpaired) electrons. The van der Waals surface area contributed by atoms with Crippen molar-refractivity contribution < 1.29 is 13.2 Å². The van der Waals surface area contributed by atoms with Gasteiger partial charge in [0.05, 0.1) is 6.26 Å². The number of amides is 1. The highest BCUT2D eigenvalue weighted by Crippen LogP contribution is 2.22. The molecule has 1 fully saturated rings. The van der Waals surface area contributed by atoms with E-state index >= 15 is 0 Å². The van der Waals surface area contributed by atoms with E-state index in [9.17, 15) is 13.2 Å². The molecule has 1 amide bonds. The lowest BCUT2D eigenvalue weighted by atomic mass is 10.1. The van der Waals surface area contributed by atoms with E-state index in [0.717, 1.165) is 23.8 Å². The summed E-state index contributed by atoms with van der Waals surface area (Å²) < 4.78 is 24.6. The highest BCUT2D eigenvalue weighted by atomic mass is 32.2. The molecule has 0 bridgehead atoms. The molecule has 6 heteroatoms. The average molecular weight is 296 g/mol. The van der Waals surface area contributed by atoms with Crippen molar-refractivity contribution in [3.05, 3.63) is 29.3 Å². The van der Waals surface area contributed by atoms with Crippen molar-refractivity contribution in [3.63, 3.8) is 0 Å². The van der Waals surface area contributed by atoms with Crippen LogP contribution in [-0.2, 0) is 14.8 Å². The molecular weight excluding hydrogens is 276 g/mol. The Morgan fingerprint density at radius 3 is 2.60 bits per heavy atom. The van der Waals surface area contributed by atoms with Crippen LogP contribution in [0.1, 0.15) is 24.0 Å². The molecule has 0 saturated carbocycles. The maximum absolute atomic E-state index is 12.3. The summed E-state index contributed by atoms with van der Waals surface area (Å²) in [6.45, 7) is 4.40. The second-order valence-corrected chi connectivity index (χ2v) is 7.26. The van der Waals surface area contributed by atoms with Gasteiger partial charge in [0, 0.05) is 12.2 Å². The zero-order valence-corrected chi connectivity index (χ0v) is 12.8. The molecule has 0 unspecified atom stereocenters. The van der Waals surface area contributed by atoms with Crippen LogP contribution in [0.4, 0.5) is 5.69 Å². The van der Waals surface area contributed by atoms with Gasteiger partial charge in [-0.05, 0) is 49.9 Å². The van der Waals surface area contributed by atoms with Gasteiger partial charge in [0.1, 0.15) is 6.04 Å². The van der Waals surface area contributed by atoms with Crippen molar-refractivity contribution in [3.8, 4) is 0 Å². The largest absolute Gasteiger partial charge is 0.325 e. The van der Waals surface area contributed by atoms with Crippen LogP contribution in [0.5, 0.6) is 0 Å². The van der Waals surface area contributed by atoms with E-state index in [1.807, 2.05) is 32.0 Å². The maximum Gasteiger partial charge on any atom is 0.242 e. The number of aryl methyl sites for hydroxylation is 2. The molecule has 20 heavy (non-hydrogen) atoms. The number of benzene rings is 1. The minimum absolute atomic E-state index is 0.254. The van der Waals surface area contributed by atoms with Crippen LogP contribution in [-0.4, -0.2) is 37.5 Å². The molecule has 2 rings (SSSR count). The number of anilines is 1. The second kappa shape index (κ2) is 5.54. The summed E-state index contributed by atoms with van der Waals surface area (Å²) in [5.41, 5.74) is 2.95. The van der Waals surface area contributed by atoms with Crippen molar-refractivity contribution in [2.75, 3.05) is 18.1 Å². The molecule has 1 heterocycles. The molecular formula is C14H20N2O3S. The highest BCUT2D eigenvalue weighted by Gasteiger charge is 2.36. The Labute approximate surface area is 120 Å². The van der Waals surface area contributed by atoms with E-state index in [0.29, 0.717) is 18.7 Å². The smallest absolute Gasteiger partial charge is 0.242 e. The van der Waals surface area contributed by atoms with Crippen molar-refractivity contribution in [2.24, 2.45) is 0 Å². The van der Waals surface area contributed by atoms with Crippen LogP contribution < -0.4 is 5.32 Å². The molecule has 1 N–H and O–H groups in total. The van der Waals surface area contributed by atoms with E-state index < -0.39 is 16.1 Å². The lowest BCUT2D eigenvalue weighted by molar-refractivity contribution is -0.119. The van der Waals surface area contributed by atoms with Gasteiger partial charge in [-0.25, -0.2) is 8.42 Å². The van der Waals surface area contributed by atoms with Gasteiger partial charge in [0.2, 0.25) is 15.9 Å². The number of sulfonamides is 1. The molecule has 1 atom stereocenters. The zero-order chi connectivity index (χ0) is 14.9. The first-order valence-corrected chi connectivity index (χ1v) is 8.49. The summed E-state index contributed by atoms with van der Waals surface area (Å²) >= 11 is 0. The second-order valence-electron chi connectivity index (χ2n) is 5.32. The summed E-state index contributed by atoms with van der Waals surface area (Å²) in [5, 5.41) is 2.81. The Morgan fingerprint density at radius 1 is 1.30 bits per heavy atom. The maximum atomic E-state index is 12.3. The monoisotopic (exact) mass is 296 g/mol. The summed E-state index contributed by atoms with van der Waals surface area (Å²) in [6, 6.07) is 5.08. The van der Waals surface area contributed by atoms with E-state index in [1.165, 1.54) is 4.31 Å². The average Bonchev–Trinajstić information content (AvgIpc) is 2.83. The Kier molecular flexibility index (Phi) is 4.15. The lowest BCUT2D eigenvalue weighted by Gasteiger charge is -2.21. The van der Waals surface area contributed by atoms with Crippen LogP contribution >= 0.6 is 0 Å². The Morgan fingerprint density at radius 2 is 2.00 bits per heavy atom. The molecule has 1 aromatic rings. The third-order valence-corrected chi connectivity index (χ3v) is 5.00. The van der Waals surface area contributed by atoms with Crippen LogP contribution in [0, 0.1) is 13.8 Å². The zero-order valence-electron chi connectivity index (χ0n) is 12.0. The first-order valence-electron chi connectivity index (χ1n) is 6.64. The van der Waals surface area contributed by atoms with Gasteiger partial charge in [-0.1, -0.05) is 6.07 Å². The summed E-state index contributed by atoms with van der Waals surface area (Å²) in [7, 11) is -3.33. The summed E-state index contributed by atoms with van der Waals surface area (Å²) in [6.07, 6.45) is 2.44. The number of nitrogens with one attached hydrogen (secondary N) is 1. The van der Waals surface area contributed by atoms with E-state index in [1.54, 1.807) is 0 Å². The molecule has 0 aromatic heterocycles. The minimum atomic E-state index is -3.33. The third-order valence-electron chi connectivity index (χ3n) is 3.71. The lowest BCUT2D eigenvalue weighted by Crippen LogP contribution is -2.42. The molecule has 1 aliphatic heterocycles. The first kappa shape index (κ1) is 15.0. The molecule has 5 nitrogen and oxygen atoms in total. The topological polar surface area (TPSA) is 66.5 Å². The van der Waals surface area contributed by atoms with Crippen molar-refractivity contribution >= 4 is 21.6 Å². The number of nitrogens with zero attached hydrogens (tertiary/aromatic N) is 1.